The van der Waals surface area contributed by atoms with Crippen LogP contribution in [0.15, 0.2) is 0 Å². The van der Waals surface area contributed by atoms with Gasteiger partial charge < -0.3 is 10.2 Å². The molecule has 0 aromatic heterocycles. The summed E-state index contributed by atoms with van der Waals surface area (Å²) in [5.41, 5.74) is 5.55. The van der Waals surface area contributed by atoms with E-state index in [-0.39, 0.29) is 5.60 Å². The second-order valence-corrected chi connectivity index (χ2v) is 4.25. The van der Waals surface area contributed by atoms with Gasteiger partial charge in [-0.15, -0.1) is 0 Å². The van der Waals surface area contributed by atoms with Crippen LogP contribution in [0.25, 0.3) is 0 Å². The van der Waals surface area contributed by atoms with E-state index in [0.717, 1.165) is 23.5 Å². The third-order valence-corrected chi connectivity index (χ3v) is 3.81. The summed E-state index contributed by atoms with van der Waals surface area (Å²) in [5.74, 6) is 0.665. The lowest BCUT2D eigenvalue weighted by Gasteiger charge is -2.33. The summed E-state index contributed by atoms with van der Waals surface area (Å²) in [5, 5.41) is 0. The molecular formula is C9H23NOSi. The van der Waals surface area contributed by atoms with Crippen molar-refractivity contribution in [3.8, 4) is 0 Å². The van der Waals surface area contributed by atoms with Crippen molar-refractivity contribution in [2.45, 2.75) is 45.6 Å². The minimum atomic E-state index is 0.0656. The van der Waals surface area contributed by atoms with Crippen molar-refractivity contribution >= 4 is 10.5 Å². The van der Waals surface area contributed by atoms with Gasteiger partial charge in [-0.3, -0.25) is 0 Å². The van der Waals surface area contributed by atoms with Crippen LogP contribution in [-0.2, 0) is 4.43 Å². The van der Waals surface area contributed by atoms with Gasteiger partial charge in [0.25, 0.3) is 0 Å². The number of rotatable bonds is 6. The zero-order valence-electron chi connectivity index (χ0n) is 8.89. The number of nitrogens with two attached hydrogens (primary N) is 1. The topological polar surface area (TPSA) is 35.2 Å². The molecule has 0 aromatic rings. The number of hydrogen-bond donors (Lipinski definition) is 1. The first-order valence-electron chi connectivity index (χ1n) is 4.83. The molecule has 0 amide bonds. The average molecular weight is 189 g/mol. The second-order valence-electron chi connectivity index (χ2n) is 3.84. The van der Waals surface area contributed by atoms with Gasteiger partial charge in [0, 0.05) is 0 Å². The first-order chi connectivity index (χ1) is 5.58. The van der Waals surface area contributed by atoms with Crippen LogP contribution >= 0.6 is 0 Å². The SMILES string of the molecule is CCC(CCCN)C(C)(C)O[SiH3]. The summed E-state index contributed by atoms with van der Waals surface area (Å²) in [6.07, 6.45) is 3.50. The Kier molecular flexibility index (Phi) is 5.79. The summed E-state index contributed by atoms with van der Waals surface area (Å²) in [4.78, 5) is 0. The minimum Gasteiger partial charge on any atom is -0.423 e. The zero-order chi connectivity index (χ0) is 9.61. The van der Waals surface area contributed by atoms with E-state index >= 15 is 0 Å². The van der Waals surface area contributed by atoms with E-state index < -0.39 is 0 Å². The van der Waals surface area contributed by atoms with E-state index in [1.807, 2.05) is 0 Å². The Morgan fingerprint density at radius 3 is 2.42 bits per heavy atom. The molecule has 0 aliphatic heterocycles. The molecule has 0 bridgehead atoms. The molecule has 0 aromatic carbocycles. The molecule has 0 spiro atoms. The molecule has 74 valence electrons. The first kappa shape index (κ1) is 12.1. The highest BCUT2D eigenvalue weighted by molar-refractivity contribution is 5.98. The summed E-state index contributed by atoms with van der Waals surface area (Å²) >= 11 is 0. The predicted octanol–water partition coefficient (Wildman–Crippen LogP) is 0.827. The zero-order valence-corrected chi connectivity index (χ0v) is 10.9. The van der Waals surface area contributed by atoms with Crippen molar-refractivity contribution < 1.29 is 4.43 Å². The first-order valence-corrected chi connectivity index (χ1v) is 5.65. The van der Waals surface area contributed by atoms with Gasteiger partial charge in [0.2, 0.25) is 0 Å². The van der Waals surface area contributed by atoms with Crippen LogP contribution in [0.1, 0.15) is 40.0 Å². The average Bonchev–Trinajstić information content (AvgIpc) is 2.05. The highest BCUT2D eigenvalue weighted by atomic mass is 28.2. The Hall–Kier alpha value is 0.137. The van der Waals surface area contributed by atoms with Crippen LogP contribution < -0.4 is 5.73 Å². The standard InChI is InChI=1S/C9H23NOSi/c1-4-8(6-5-7-10)9(2,3)11-12/h8H,4-7,10H2,1-3,12H3. The summed E-state index contributed by atoms with van der Waals surface area (Å²) in [7, 11) is 0.827. The Morgan fingerprint density at radius 1 is 1.50 bits per heavy atom. The fourth-order valence-electron chi connectivity index (χ4n) is 1.57. The summed E-state index contributed by atoms with van der Waals surface area (Å²) in [6, 6.07) is 0. The maximum atomic E-state index is 5.59. The molecule has 0 aliphatic rings. The Morgan fingerprint density at radius 2 is 2.08 bits per heavy atom. The third-order valence-electron chi connectivity index (χ3n) is 2.76. The maximum Gasteiger partial charge on any atom is 0.146 e. The fourth-order valence-corrected chi connectivity index (χ4v) is 1.91. The Balaban J connectivity index is 3.95. The van der Waals surface area contributed by atoms with E-state index in [9.17, 15) is 0 Å². The molecule has 0 rings (SSSR count). The molecule has 0 fully saturated rings. The van der Waals surface area contributed by atoms with E-state index in [4.69, 9.17) is 10.2 Å². The van der Waals surface area contributed by atoms with Crippen LogP contribution in [0, 0.1) is 5.92 Å². The van der Waals surface area contributed by atoms with Crippen LogP contribution in [0.2, 0.25) is 0 Å². The monoisotopic (exact) mass is 189 g/mol. The largest absolute Gasteiger partial charge is 0.423 e. The summed E-state index contributed by atoms with van der Waals surface area (Å²) < 4.78 is 5.59. The molecule has 2 N–H and O–H groups in total. The summed E-state index contributed by atoms with van der Waals surface area (Å²) in [6.45, 7) is 7.40. The van der Waals surface area contributed by atoms with E-state index in [2.05, 4.69) is 20.8 Å². The van der Waals surface area contributed by atoms with Gasteiger partial charge in [-0.1, -0.05) is 13.3 Å². The molecule has 2 nitrogen and oxygen atoms in total. The quantitative estimate of drug-likeness (QED) is 0.628. The molecule has 0 saturated heterocycles. The second kappa shape index (κ2) is 5.73. The Bertz CT molecular complexity index is 117. The van der Waals surface area contributed by atoms with Gasteiger partial charge in [-0.05, 0) is 39.2 Å². The van der Waals surface area contributed by atoms with Crippen LogP contribution in [0.3, 0.4) is 0 Å². The van der Waals surface area contributed by atoms with Crippen LogP contribution in [0.5, 0.6) is 0 Å². The van der Waals surface area contributed by atoms with Gasteiger partial charge in [-0.2, -0.15) is 0 Å². The molecule has 1 unspecified atom stereocenters. The van der Waals surface area contributed by atoms with E-state index in [1.165, 1.54) is 12.8 Å². The highest BCUT2D eigenvalue weighted by Gasteiger charge is 2.26. The lowest BCUT2D eigenvalue weighted by Crippen LogP contribution is -2.33. The lowest BCUT2D eigenvalue weighted by atomic mass is 9.85. The number of hydrogen-bond acceptors (Lipinski definition) is 2. The molecule has 0 aliphatic carbocycles. The van der Waals surface area contributed by atoms with Gasteiger partial charge in [0.1, 0.15) is 10.5 Å². The van der Waals surface area contributed by atoms with Gasteiger partial charge in [-0.25, -0.2) is 0 Å². The Labute approximate surface area is 79.4 Å². The van der Waals surface area contributed by atoms with Crippen LogP contribution in [0.4, 0.5) is 0 Å². The van der Waals surface area contributed by atoms with E-state index in [0.29, 0.717) is 5.92 Å². The third kappa shape index (κ3) is 3.69. The smallest absolute Gasteiger partial charge is 0.146 e. The molecule has 0 radical (unpaired) electrons. The van der Waals surface area contributed by atoms with Gasteiger partial charge in [0.15, 0.2) is 0 Å². The van der Waals surface area contributed by atoms with Crippen molar-refractivity contribution in [3.05, 3.63) is 0 Å². The molecule has 12 heavy (non-hydrogen) atoms. The van der Waals surface area contributed by atoms with Crippen molar-refractivity contribution in [1.82, 2.24) is 0 Å². The van der Waals surface area contributed by atoms with Crippen molar-refractivity contribution in [2.24, 2.45) is 11.7 Å². The van der Waals surface area contributed by atoms with Crippen LogP contribution in [-0.4, -0.2) is 22.6 Å². The minimum absolute atomic E-state index is 0.0656. The van der Waals surface area contributed by atoms with Crippen molar-refractivity contribution in [1.29, 1.82) is 0 Å². The van der Waals surface area contributed by atoms with Gasteiger partial charge in [0.05, 0.1) is 5.60 Å². The molecule has 1 atom stereocenters. The normalized spacial score (nSPS) is 15.0. The lowest BCUT2D eigenvalue weighted by molar-refractivity contribution is 0.0455. The highest BCUT2D eigenvalue weighted by Crippen LogP contribution is 2.27. The van der Waals surface area contributed by atoms with Crippen molar-refractivity contribution in [3.63, 3.8) is 0 Å². The molecular weight excluding hydrogens is 166 g/mol. The fraction of sp³-hybridized carbons (Fsp3) is 1.00. The maximum absolute atomic E-state index is 5.59. The molecule has 3 heteroatoms. The van der Waals surface area contributed by atoms with Gasteiger partial charge >= 0.3 is 0 Å². The van der Waals surface area contributed by atoms with E-state index in [1.54, 1.807) is 0 Å². The molecule has 0 saturated carbocycles. The predicted molar refractivity (Wildman–Crippen MR) is 57.2 cm³/mol. The van der Waals surface area contributed by atoms with Crippen molar-refractivity contribution in [2.75, 3.05) is 6.54 Å². The molecule has 0 heterocycles.